The molecule has 1 rings (SSSR count). The molecular formula is C23H38I3N3O9. The Balaban J connectivity index is 0. The molecule has 0 aliphatic heterocycles. The maximum absolute atomic E-state index is 13.6. The zero-order valence-electron chi connectivity index (χ0n) is 19.4. The highest BCUT2D eigenvalue weighted by Gasteiger charge is 2.34. The second-order valence-electron chi connectivity index (χ2n) is 7.29. The van der Waals surface area contributed by atoms with Gasteiger partial charge < -0.3 is 45.3 Å². The maximum atomic E-state index is 13.6. The Morgan fingerprint density at radius 2 is 0.605 bits per heavy atom. The lowest BCUT2D eigenvalue weighted by molar-refractivity contribution is 0.0670. The second kappa shape index (κ2) is 20.5. The summed E-state index contributed by atoms with van der Waals surface area (Å²) in [6.45, 7) is -2.78. The van der Waals surface area contributed by atoms with Crippen molar-refractivity contribution in [1.82, 2.24) is 14.7 Å². The van der Waals surface area contributed by atoms with Crippen LogP contribution >= 0.6 is 67.8 Å². The zero-order valence-corrected chi connectivity index (χ0v) is 25.8. The maximum Gasteiger partial charge on any atom is 0.256 e. The van der Waals surface area contributed by atoms with E-state index in [1.807, 2.05) is 67.8 Å². The standard InChI is InChI=1S/C21H30I3N3O9.2CH4/c22-16-13(19(34)25(1-7-28)2-8-29)17(23)15(21(36)27(5-11-32)6-12-33)18(24)14(16)20(35)26(3-9-30)4-10-31;;/h28-33H,1-12H2;2*1H4. The van der Waals surface area contributed by atoms with E-state index in [4.69, 9.17) is 0 Å². The molecule has 220 valence electrons. The van der Waals surface area contributed by atoms with E-state index in [1.165, 1.54) is 14.7 Å². The van der Waals surface area contributed by atoms with Crippen molar-refractivity contribution in [2.45, 2.75) is 14.9 Å². The van der Waals surface area contributed by atoms with Gasteiger partial charge in [0, 0.05) is 50.0 Å². The molecule has 0 bridgehead atoms. The molecule has 0 aromatic heterocycles. The summed E-state index contributed by atoms with van der Waals surface area (Å²) in [5, 5.41) is 56.5. The molecular weight excluding hydrogens is 843 g/mol. The molecule has 0 unspecified atom stereocenters. The highest BCUT2D eigenvalue weighted by molar-refractivity contribution is 14.1. The van der Waals surface area contributed by atoms with Crippen molar-refractivity contribution in [2.75, 3.05) is 78.9 Å². The average Bonchev–Trinajstić information content (AvgIpc) is 2.83. The second-order valence-corrected chi connectivity index (χ2v) is 10.5. The summed E-state index contributed by atoms with van der Waals surface area (Å²) >= 11 is 5.50. The minimum absolute atomic E-state index is 0. The first kappa shape index (κ1) is 39.7. The normalized spacial score (nSPS) is 10.3. The number of nitrogens with zero attached hydrogens (tertiary/aromatic N) is 3. The van der Waals surface area contributed by atoms with E-state index in [-0.39, 0.29) is 121 Å². The van der Waals surface area contributed by atoms with E-state index in [0.717, 1.165) is 0 Å². The van der Waals surface area contributed by atoms with Crippen molar-refractivity contribution < 1.29 is 45.0 Å². The number of carbonyl (C=O) groups is 3. The Morgan fingerprint density at radius 1 is 0.447 bits per heavy atom. The predicted molar refractivity (Wildman–Crippen MR) is 168 cm³/mol. The number of benzene rings is 1. The van der Waals surface area contributed by atoms with Gasteiger partial charge in [0.25, 0.3) is 17.7 Å². The van der Waals surface area contributed by atoms with Crippen LogP contribution < -0.4 is 0 Å². The van der Waals surface area contributed by atoms with Crippen LogP contribution in [-0.2, 0) is 0 Å². The number of aliphatic hydroxyl groups is 6. The Morgan fingerprint density at radius 3 is 0.737 bits per heavy atom. The fourth-order valence-electron chi connectivity index (χ4n) is 3.37. The minimum Gasteiger partial charge on any atom is -0.395 e. The predicted octanol–water partition coefficient (Wildman–Crippen LogP) is 0.0530. The number of carbonyl (C=O) groups excluding carboxylic acids is 3. The number of amides is 3. The fourth-order valence-corrected chi connectivity index (χ4v) is 7.92. The van der Waals surface area contributed by atoms with Crippen LogP contribution in [0.25, 0.3) is 0 Å². The smallest absolute Gasteiger partial charge is 0.256 e. The van der Waals surface area contributed by atoms with Gasteiger partial charge >= 0.3 is 0 Å². The lowest BCUT2D eigenvalue weighted by atomic mass is 10.0. The lowest BCUT2D eigenvalue weighted by Crippen LogP contribution is -2.41. The highest BCUT2D eigenvalue weighted by atomic mass is 127. The quantitative estimate of drug-likeness (QED) is 0.133. The fraction of sp³-hybridized carbons (Fsp3) is 0.609. The van der Waals surface area contributed by atoms with Crippen LogP contribution in [0.3, 0.4) is 0 Å². The molecule has 0 radical (unpaired) electrons. The van der Waals surface area contributed by atoms with Gasteiger partial charge in [0.05, 0.1) is 56.3 Å². The Labute approximate surface area is 264 Å². The monoisotopic (exact) mass is 881 g/mol. The summed E-state index contributed by atoms with van der Waals surface area (Å²) in [7, 11) is 0. The van der Waals surface area contributed by atoms with Gasteiger partial charge in [-0.2, -0.15) is 0 Å². The van der Waals surface area contributed by atoms with Crippen molar-refractivity contribution in [2.24, 2.45) is 0 Å². The van der Waals surface area contributed by atoms with Gasteiger partial charge in [0.1, 0.15) is 0 Å². The molecule has 1 aromatic carbocycles. The number of rotatable bonds is 15. The van der Waals surface area contributed by atoms with Gasteiger partial charge in [-0.25, -0.2) is 0 Å². The molecule has 0 heterocycles. The van der Waals surface area contributed by atoms with Gasteiger partial charge in [0.15, 0.2) is 0 Å². The van der Waals surface area contributed by atoms with E-state index < -0.39 is 17.7 Å². The Kier molecular flexibility index (Phi) is 21.4. The van der Waals surface area contributed by atoms with Gasteiger partial charge in [-0.05, 0) is 67.8 Å². The van der Waals surface area contributed by atoms with Crippen molar-refractivity contribution in [3.05, 3.63) is 27.4 Å². The van der Waals surface area contributed by atoms with Gasteiger partial charge in [0.2, 0.25) is 0 Å². The first-order valence-corrected chi connectivity index (χ1v) is 14.1. The largest absolute Gasteiger partial charge is 0.395 e. The first-order chi connectivity index (χ1) is 17.2. The molecule has 1 aromatic rings. The van der Waals surface area contributed by atoms with Crippen LogP contribution in [-0.4, -0.2) is 142 Å². The highest BCUT2D eigenvalue weighted by Crippen LogP contribution is 2.34. The van der Waals surface area contributed by atoms with Crippen molar-refractivity contribution in [3.63, 3.8) is 0 Å². The van der Waals surface area contributed by atoms with Crippen LogP contribution in [0.1, 0.15) is 45.9 Å². The Hall–Kier alpha value is -0.420. The third-order valence-electron chi connectivity index (χ3n) is 5.04. The molecule has 0 saturated carbocycles. The van der Waals surface area contributed by atoms with Crippen molar-refractivity contribution >= 4 is 85.5 Å². The van der Waals surface area contributed by atoms with Crippen LogP contribution in [0.15, 0.2) is 0 Å². The lowest BCUT2D eigenvalue weighted by Gasteiger charge is -2.28. The number of hydrogen-bond donors (Lipinski definition) is 6. The number of aliphatic hydroxyl groups excluding tert-OH is 6. The summed E-state index contributed by atoms with van der Waals surface area (Å²) < 4.78 is 0.682. The molecule has 0 fully saturated rings. The molecule has 15 heteroatoms. The third kappa shape index (κ3) is 9.89. The summed E-state index contributed by atoms with van der Waals surface area (Å²) in [5.41, 5.74) is 0.0586. The van der Waals surface area contributed by atoms with E-state index in [0.29, 0.717) is 0 Å². The molecule has 0 spiro atoms. The molecule has 12 nitrogen and oxygen atoms in total. The first-order valence-electron chi connectivity index (χ1n) is 10.9. The minimum atomic E-state index is -0.613. The summed E-state index contributed by atoms with van der Waals surface area (Å²) in [6.07, 6.45) is 0. The molecule has 0 saturated heterocycles. The molecule has 0 atom stereocenters. The summed E-state index contributed by atoms with van der Waals surface area (Å²) in [6, 6.07) is 0. The van der Waals surface area contributed by atoms with E-state index in [2.05, 4.69) is 0 Å². The number of hydrogen-bond acceptors (Lipinski definition) is 9. The topological polar surface area (TPSA) is 182 Å². The zero-order chi connectivity index (χ0) is 27.4. The Bertz CT molecular complexity index is 769. The molecule has 6 N–H and O–H groups in total. The molecule has 0 aliphatic carbocycles. The summed E-state index contributed by atoms with van der Waals surface area (Å²) in [5.74, 6) is -1.84. The average molecular weight is 881 g/mol. The van der Waals surface area contributed by atoms with Crippen LogP contribution in [0.2, 0.25) is 0 Å². The van der Waals surface area contributed by atoms with Crippen molar-refractivity contribution in [1.29, 1.82) is 0 Å². The van der Waals surface area contributed by atoms with Gasteiger partial charge in [-0.1, -0.05) is 14.9 Å². The van der Waals surface area contributed by atoms with Crippen LogP contribution in [0.4, 0.5) is 0 Å². The van der Waals surface area contributed by atoms with Crippen molar-refractivity contribution in [3.8, 4) is 0 Å². The third-order valence-corrected chi connectivity index (χ3v) is 8.28. The van der Waals surface area contributed by atoms with E-state index in [1.54, 1.807) is 0 Å². The number of halogens is 3. The van der Waals surface area contributed by atoms with Gasteiger partial charge in [-0.15, -0.1) is 0 Å². The molecule has 38 heavy (non-hydrogen) atoms. The molecule has 0 aliphatic rings. The molecule has 3 amide bonds. The van der Waals surface area contributed by atoms with Gasteiger partial charge in [-0.3, -0.25) is 14.4 Å². The van der Waals surface area contributed by atoms with E-state index >= 15 is 0 Å². The SMILES string of the molecule is C.C.O=C(c1c(I)c(C(=O)N(CCO)CCO)c(I)c(C(=O)N(CCO)CCO)c1I)N(CCO)CCO. The summed E-state index contributed by atoms with van der Waals surface area (Å²) in [4.78, 5) is 44.3. The van der Waals surface area contributed by atoms with E-state index in [9.17, 15) is 45.0 Å². The van der Waals surface area contributed by atoms with Crippen LogP contribution in [0.5, 0.6) is 0 Å². The van der Waals surface area contributed by atoms with Crippen LogP contribution in [0, 0.1) is 10.7 Å².